The molecule has 23 nitrogen and oxygen atoms in total. The van der Waals surface area contributed by atoms with E-state index in [9.17, 15) is 33.9 Å². The number of H-pyrrole nitrogens is 1. The molecule has 0 aliphatic carbocycles. The first-order chi connectivity index (χ1) is 21.8. The third kappa shape index (κ3) is 5.49. The van der Waals surface area contributed by atoms with Crippen molar-refractivity contribution < 1.29 is 56.9 Å². The highest BCUT2D eigenvalue weighted by Gasteiger charge is 2.52. The molecule has 4 aromatic heterocycles. The average Bonchev–Trinajstić information content (AvgIpc) is 3.75. The van der Waals surface area contributed by atoms with E-state index in [-0.39, 0.29) is 34.1 Å². The molecule has 0 amide bonds. The Balaban J connectivity index is 1.20. The Morgan fingerprint density at radius 1 is 0.870 bits per heavy atom. The van der Waals surface area contributed by atoms with Gasteiger partial charge in [0.1, 0.15) is 54.8 Å². The Hall–Kier alpha value is -3.44. The molecule has 248 valence electrons. The van der Waals surface area contributed by atoms with Crippen LogP contribution in [0.15, 0.2) is 23.8 Å². The fraction of sp³-hybridized carbons (Fsp3) is 0.524. The summed E-state index contributed by atoms with van der Waals surface area (Å²) in [7, 11) is -9.69. The smallest absolute Gasteiger partial charge is 0.387 e. The van der Waals surface area contributed by atoms with Crippen molar-refractivity contribution >= 4 is 49.5 Å². The lowest BCUT2D eigenvalue weighted by Crippen LogP contribution is -2.38. The number of nitrogens with two attached hydrogens (primary N) is 2. The number of nitrogens with zero attached hydrogens (tertiary/aromatic N) is 7. The number of ether oxygens (including phenoxy) is 3. The Bertz CT molecular complexity index is 1950. The molecule has 9 N–H and O–H groups in total. The maximum atomic E-state index is 13.2. The molecule has 0 saturated carbocycles. The zero-order chi connectivity index (χ0) is 32.5. The molecular formula is C21H26N10O13P2. The second-order valence-corrected chi connectivity index (χ2v) is 13.7. The highest BCUT2D eigenvalue weighted by atomic mass is 31.2. The van der Waals surface area contributed by atoms with Crippen LogP contribution in [-0.4, -0.2) is 115 Å². The zero-order valence-electron chi connectivity index (χ0n) is 23.1. The van der Waals surface area contributed by atoms with E-state index in [0.717, 1.165) is 10.9 Å². The number of rotatable bonds is 2. The van der Waals surface area contributed by atoms with Gasteiger partial charge < -0.3 is 50.2 Å². The van der Waals surface area contributed by atoms with Crippen molar-refractivity contribution in [3.63, 3.8) is 0 Å². The van der Waals surface area contributed by atoms with Crippen molar-refractivity contribution in [2.24, 2.45) is 0 Å². The molecule has 3 aliphatic heterocycles. The molecule has 3 aliphatic rings. The predicted molar refractivity (Wildman–Crippen MR) is 148 cm³/mol. The number of hydrogen-bond donors (Lipinski definition) is 7. The van der Waals surface area contributed by atoms with Crippen LogP contribution in [0.2, 0.25) is 0 Å². The van der Waals surface area contributed by atoms with Crippen LogP contribution < -0.4 is 17.0 Å². The van der Waals surface area contributed by atoms with Gasteiger partial charge in [-0.3, -0.25) is 32.5 Å². The van der Waals surface area contributed by atoms with Crippen LogP contribution >= 0.6 is 15.4 Å². The van der Waals surface area contributed by atoms with E-state index < -0.39 is 89.6 Å². The van der Waals surface area contributed by atoms with E-state index in [1.165, 1.54) is 17.2 Å². The number of phosphoric ester groups is 1. The third-order valence-electron chi connectivity index (χ3n) is 7.54. The number of aromatic nitrogens is 8. The summed E-state index contributed by atoms with van der Waals surface area (Å²) in [5.41, 5.74) is 10.9. The van der Waals surface area contributed by atoms with Gasteiger partial charge in [-0.2, -0.15) is 4.98 Å². The van der Waals surface area contributed by atoms with E-state index in [1.54, 1.807) is 0 Å². The van der Waals surface area contributed by atoms with Gasteiger partial charge in [-0.15, -0.1) is 0 Å². The lowest BCUT2D eigenvalue weighted by Gasteiger charge is -2.26. The van der Waals surface area contributed by atoms with Crippen LogP contribution in [0.1, 0.15) is 12.5 Å². The van der Waals surface area contributed by atoms with Crippen LogP contribution in [0.3, 0.4) is 0 Å². The van der Waals surface area contributed by atoms with Gasteiger partial charge in [0.2, 0.25) is 5.95 Å². The fourth-order valence-corrected chi connectivity index (χ4v) is 7.18. The van der Waals surface area contributed by atoms with E-state index in [0.29, 0.717) is 0 Å². The van der Waals surface area contributed by atoms with Gasteiger partial charge in [-0.25, -0.2) is 24.5 Å². The molecule has 3 fully saturated rings. The first-order valence-electron chi connectivity index (χ1n) is 13.4. The number of anilines is 2. The number of aliphatic hydroxyl groups excluding tert-OH is 2. The molecule has 0 radical (unpaired) electrons. The second kappa shape index (κ2) is 11.4. The topological polar surface area (TPSA) is 330 Å². The van der Waals surface area contributed by atoms with Gasteiger partial charge in [-0.05, 0) is 0 Å². The summed E-state index contributed by atoms with van der Waals surface area (Å²) in [6.45, 7) is -1.49. The Morgan fingerprint density at radius 2 is 1.57 bits per heavy atom. The molecule has 7 heterocycles. The predicted octanol–water partition coefficient (Wildman–Crippen LogP) is -2.30. The molecule has 25 heteroatoms. The van der Waals surface area contributed by atoms with E-state index in [2.05, 4.69) is 29.9 Å². The summed E-state index contributed by atoms with van der Waals surface area (Å²) in [6.07, 6.45) is -9.39. The number of nitrogens with one attached hydrogen (secondary N) is 1. The molecule has 46 heavy (non-hydrogen) atoms. The van der Waals surface area contributed by atoms with Gasteiger partial charge in [0.15, 0.2) is 35.1 Å². The monoisotopic (exact) mass is 688 g/mol. The number of nitrogen functional groups attached to an aromatic ring is 2. The van der Waals surface area contributed by atoms with Gasteiger partial charge in [0, 0.05) is 0 Å². The normalized spacial score (nSPS) is 37.4. The van der Waals surface area contributed by atoms with Crippen LogP contribution in [0.4, 0.5) is 11.8 Å². The minimum atomic E-state index is -5.09. The quantitative estimate of drug-likeness (QED) is 0.109. The SMILES string of the molecule is Nc1nc2c(ncn2[C@@H]2O[C@@H]3COP(=O)(O)CO[C@H]4[C@@H](O)[C@H](n5cnc6c(N)ncnc65)O[C@@H]4COP(=O)(O)O[C@@H]2[C@@H]3O)c(=O)[nH]1. The molecule has 0 aromatic carbocycles. The van der Waals surface area contributed by atoms with Gasteiger partial charge in [0.25, 0.3) is 5.56 Å². The molecule has 7 rings (SSSR count). The standard InChI is InChI=1S/C21H26N10O13P2/c22-15-9-16(25-3-24-15)30(4-26-9)19-12(33)13-8(43-19)2-41-46(37,38)44-14-11(32)7(1-40-45(35,36)6-39-13)42-20(14)31-5-27-10-17(31)28-21(23)29-18(10)34/h3-5,7-8,11-14,19-20,32-33H,1-2,6H2,(H,35,36)(H,37,38)(H2,22,24,25)(H3,23,28,29,34)/t7-,8-,11-,12-,13-,14-,19-,20-/m1/s1. The molecule has 0 spiro atoms. The number of phosphoric acid groups is 1. The van der Waals surface area contributed by atoms with Crippen LogP contribution in [0, 0.1) is 0 Å². The van der Waals surface area contributed by atoms with Gasteiger partial charge >= 0.3 is 15.4 Å². The lowest BCUT2D eigenvalue weighted by molar-refractivity contribution is -0.0633. The highest BCUT2D eigenvalue weighted by Crippen LogP contribution is 2.52. The molecule has 2 unspecified atom stereocenters. The first-order valence-corrected chi connectivity index (χ1v) is 16.6. The summed E-state index contributed by atoms with van der Waals surface area (Å²) >= 11 is 0. The number of fused-ring (bicyclic) bond motifs is 5. The van der Waals surface area contributed by atoms with Crippen molar-refractivity contribution in [3.05, 3.63) is 29.3 Å². The molecule has 4 aromatic rings. The van der Waals surface area contributed by atoms with Crippen LogP contribution in [0.25, 0.3) is 22.3 Å². The van der Waals surface area contributed by atoms with Crippen molar-refractivity contribution in [2.75, 3.05) is 31.0 Å². The minimum absolute atomic E-state index is 0.0553. The van der Waals surface area contributed by atoms with Gasteiger partial charge in [-0.1, -0.05) is 0 Å². The van der Waals surface area contributed by atoms with Crippen molar-refractivity contribution in [2.45, 2.75) is 49.1 Å². The van der Waals surface area contributed by atoms with E-state index >= 15 is 0 Å². The molecular weight excluding hydrogens is 662 g/mol. The van der Waals surface area contributed by atoms with Gasteiger partial charge in [0.05, 0.1) is 25.9 Å². The van der Waals surface area contributed by atoms with Crippen LogP contribution in [-0.2, 0) is 36.9 Å². The van der Waals surface area contributed by atoms with Crippen molar-refractivity contribution in [1.82, 2.24) is 39.0 Å². The Kier molecular flexibility index (Phi) is 7.70. The van der Waals surface area contributed by atoms with Crippen molar-refractivity contribution in [3.8, 4) is 0 Å². The summed E-state index contributed by atoms with van der Waals surface area (Å²) < 4.78 is 61.7. The summed E-state index contributed by atoms with van der Waals surface area (Å²) in [4.78, 5) is 55.9. The van der Waals surface area contributed by atoms with E-state index in [4.69, 9.17) is 39.2 Å². The summed E-state index contributed by atoms with van der Waals surface area (Å²) in [5.74, 6) is -0.225. The molecule has 3 saturated heterocycles. The maximum Gasteiger partial charge on any atom is 0.472 e. The highest BCUT2D eigenvalue weighted by molar-refractivity contribution is 7.52. The Labute approximate surface area is 255 Å². The zero-order valence-corrected chi connectivity index (χ0v) is 24.9. The third-order valence-corrected chi connectivity index (χ3v) is 9.55. The van der Waals surface area contributed by atoms with Crippen LogP contribution in [0.5, 0.6) is 0 Å². The minimum Gasteiger partial charge on any atom is -0.387 e. The van der Waals surface area contributed by atoms with Crippen molar-refractivity contribution in [1.29, 1.82) is 0 Å². The molecule has 10 atom stereocenters. The van der Waals surface area contributed by atoms with E-state index in [1.807, 2.05) is 0 Å². The molecule has 2 bridgehead atoms. The number of aliphatic hydroxyl groups is 2. The Morgan fingerprint density at radius 3 is 2.35 bits per heavy atom. The first kappa shape index (κ1) is 31.2. The summed E-state index contributed by atoms with van der Waals surface area (Å²) in [5, 5.41) is 22.2. The number of hydrogen-bond acceptors (Lipinski definition) is 18. The average molecular weight is 688 g/mol. The summed E-state index contributed by atoms with van der Waals surface area (Å²) in [6, 6.07) is 0. The lowest BCUT2D eigenvalue weighted by atomic mass is 10.1. The second-order valence-electron chi connectivity index (χ2n) is 10.5. The fourth-order valence-electron chi connectivity index (χ4n) is 5.43. The largest absolute Gasteiger partial charge is 0.472 e. The number of imidazole rings is 2. The number of aromatic amines is 1. The maximum absolute atomic E-state index is 13.2.